The summed E-state index contributed by atoms with van der Waals surface area (Å²) in [5.74, 6) is 0.666. The normalized spacial score (nSPS) is 22.6. The maximum absolute atomic E-state index is 11.8. The number of thiophene rings is 1. The number of nitrogens with zero attached hydrogens (tertiary/aromatic N) is 1. The van der Waals surface area contributed by atoms with Gasteiger partial charge in [0.25, 0.3) is 0 Å². The molecule has 0 radical (unpaired) electrons. The number of hydrogen-bond acceptors (Lipinski definition) is 4. The minimum Gasteiger partial charge on any atom is -0.354 e. The Hall–Kier alpha value is -0.910. The second-order valence-corrected chi connectivity index (χ2v) is 7.20. The van der Waals surface area contributed by atoms with E-state index in [-0.39, 0.29) is 5.91 Å². The molecule has 1 amide bonds. The van der Waals surface area contributed by atoms with Crippen LogP contribution >= 0.6 is 11.3 Å². The maximum Gasteiger partial charge on any atom is 0.240 e. The zero-order valence-corrected chi connectivity index (χ0v) is 12.6. The van der Waals surface area contributed by atoms with Gasteiger partial charge < -0.3 is 11.1 Å². The van der Waals surface area contributed by atoms with Gasteiger partial charge in [-0.2, -0.15) is 0 Å². The number of carbonyl (C=O) groups excluding carboxylic acids is 1. The summed E-state index contributed by atoms with van der Waals surface area (Å²) in [6.45, 7) is 4.13. The summed E-state index contributed by atoms with van der Waals surface area (Å²) in [6, 6.07) is 4.32. The minimum atomic E-state index is -0.528. The highest BCUT2D eigenvalue weighted by Gasteiger charge is 2.45. The summed E-state index contributed by atoms with van der Waals surface area (Å²) in [7, 11) is 0. The number of nitrogens with one attached hydrogen (secondary N) is 1. The van der Waals surface area contributed by atoms with Gasteiger partial charge in [-0.1, -0.05) is 6.07 Å². The van der Waals surface area contributed by atoms with Crippen molar-refractivity contribution in [2.45, 2.75) is 37.8 Å². The number of nitrogens with two attached hydrogens (primary N) is 1. The smallest absolute Gasteiger partial charge is 0.240 e. The standard InChI is InChI=1S/C15H23N3OS/c16-15(5-6-15)14(19)17-10-12-3-7-18(8-4-12)11-13-2-1-9-20-13/h1-2,9,12H,3-8,10-11,16H2,(H,17,19). The van der Waals surface area contributed by atoms with Crippen LogP contribution in [0.25, 0.3) is 0 Å². The summed E-state index contributed by atoms with van der Waals surface area (Å²) >= 11 is 1.83. The molecular weight excluding hydrogens is 270 g/mol. The van der Waals surface area contributed by atoms with E-state index in [1.54, 1.807) is 0 Å². The molecule has 2 heterocycles. The quantitative estimate of drug-likeness (QED) is 0.866. The van der Waals surface area contributed by atoms with Crippen LogP contribution in [0.15, 0.2) is 17.5 Å². The lowest BCUT2D eigenvalue weighted by atomic mass is 9.96. The van der Waals surface area contributed by atoms with Crippen LogP contribution in [0.5, 0.6) is 0 Å². The van der Waals surface area contributed by atoms with Crippen molar-refractivity contribution in [3.63, 3.8) is 0 Å². The lowest BCUT2D eigenvalue weighted by Crippen LogP contribution is -2.45. The Labute approximate surface area is 124 Å². The molecule has 1 aliphatic carbocycles. The fourth-order valence-electron chi connectivity index (χ4n) is 2.75. The number of hydrogen-bond donors (Lipinski definition) is 2. The van der Waals surface area contributed by atoms with Crippen molar-refractivity contribution in [1.29, 1.82) is 0 Å². The van der Waals surface area contributed by atoms with Crippen molar-refractivity contribution in [3.8, 4) is 0 Å². The monoisotopic (exact) mass is 293 g/mol. The van der Waals surface area contributed by atoms with Crippen molar-refractivity contribution < 1.29 is 4.79 Å². The van der Waals surface area contributed by atoms with Crippen LogP contribution in [0, 0.1) is 5.92 Å². The van der Waals surface area contributed by atoms with Gasteiger partial charge in [-0.05, 0) is 56.1 Å². The van der Waals surface area contributed by atoms with E-state index in [0.717, 1.165) is 39.0 Å². The van der Waals surface area contributed by atoms with Crippen molar-refractivity contribution >= 4 is 17.2 Å². The van der Waals surface area contributed by atoms with E-state index in [1.165, 1.54) is 17.7 Å². The van der Waals surface area contributed by atoms with Gasteiger partial charge in [-0.25, -0.2) is 0 Å². The Morgan fingerprint density at radius 3 is 2.80 bits per heavy atom. The van der Waals surface area contributed by atoms with Crippen LogP contribution in [0.2, 0.25) is 0 Å². The molecule has 0 atom stereocenters. The molecule has 2 aliphatic rings. The van der Waals surface area contributed by atoms with Crippen molar-refractivity contribution in [3.05, 3.63) is 22.4 Å². The molecule has 1 aromatic rings. The molecule has 0 unspecified atom stereocenters. The molecule has 0 spiro atoms. The number of piperidine rings is 1. The van der Waals surface area contributed by atoms with Gasteiger partial charge in [0.2, 0.25) is 5.91 Å². The van der Waals surface area contributed by atoms with Crippen LogP contribution in [0.3, 0.4) is 0 Å². The van der Waals surface area contributed by atoms with E-state index < -0.39 is 5.54 Å². The first-order chi connectivity index (χ1) is 9.66. The average Bonchev–Trinajstić information content (AvgIpc) is 3.01. The molecule has 1 saturated heterocycles. The summed E-state index contributed by atoms with van der Waals surface area (Å²) in [5.41, 5.74) is 5.36. The Morgan fingerprint density at radius 1 is 1.45 bits per heavy atom. The van der Waals surface area contributed by atoms with E-state index in [0.29, 0.717) is 5.92 Å². The molecule has 0 aromatic carbocycles. The second-order valence-electron chi connectivity index (χ2n) is 6.17. The van der Waals surface area contributed by atoms with Crippen molar-refractivity contribution in [1.82, 2.24) is 10.2 Å². The lowest BCUT2D eigenvalue weighted by molar-refractivity contribution is -0.123. The minimum absolute atomic E-state index is 0.0542. The van der Waals surface area contributed by atoms with Gasteiger partial charge in [0.15, 0.2) is 0 Å². The molecule has 110 valence electrons. The van der Waals surface area contributed by atoms with Gasteiger partial charge in [0, 0.05) is 18.0 Å². The molecule has 20 heavy (non-hydrogen) atoms. The topological polar surface area (TPSA) is 58.4 Å². The zero-order valence-electron chi connectivity index (χ0n) is 11.8. The SMILES string of the molecule is NC1(C(=O)NCC2CCN(Cc3cccs3)CC2)CC1. The highest BCUT2D eigenvalue weighted by molar-refractivity contribution is 7.09. The summed E-state index contributed by atoms with van der Waals surface area (Å²) in [4.78, 5) is 15.8. The third-order valence-corrected chi connectivity index (χ3v) is 5.32. The molecule has 3 N–H and O–H groups in total. The predicted molar refractivity (Wildman–Crippen MR) is 81.5 cm³/mol. The fraction of sp³-hybridized carbons (Fsp3) is 0.667. The highest BCUT2D eigenvalue weighted by Crippen LogP contribution is 2.32. The fourth-order valence-corrected chi connectivity index (χ4v) is 3.49. The molecular formula is C15H23N3OS. The number of rotatable bonds is 5. The van der Waals surface area contributed by atoms with Gasteiger partial charge in [0.05, 0.1) is 5.54 Å². The average molecular weight is 293 g/mol. The molecule has 1 saturated carbocycles. The highest BCUT2D eigenvalue weighted by atomic mass is 32.1. The zero-order chi connectivity index (χ0) is 14.0. The number of carbonyl (C=O) groups is 1. The number of likely N-dealkylation sites (tertiary alicyclic amines) is 1. The van der Waals surface area contributed by atoms with Gasteiger partial charge in [-0.3, -0.25) is 9.69 Å². The molecule has 1 aromatic heterocycles. The van der Waals surface area contributed by atoms with E-state index in [1.807, 2.05) is 11.3 Å². The summed E-state index contributed by atoms with van der Waals surface area (Å²) < 4.78 is 0. The summed E-state index contributed by atoms with van der Waals surface area (Å²) in [6.07, 6.45) is 4.03. The molecule has 4 nitrogen and oxygen atoms in total. The van der Waals surface area contributed by atoms with Crippen LogP contribution in [-0.2, 0) is 11.3 Å². The first-order valence-electron chi connectivity index (χ1n) is 7.48. The number of amides is 1. The van der Waals surface area contributed by atoms with Crippen LogP contribution in [0.4, 0.5) is 0 Å². The van der Waals surface area contributed by atoms with Crippen LogP contribution in [-0.4, -0.2) is 36.0 Å². The van der Waals surface area contributed by atoms with E-state index >= 15 is 0 Å². The third-order valence-electron chi connectivity index (χ3n) is 4.46. The van der Waals surface area contributed by atoms with Crippen LogP contribution < -0.4 is 11.1 Å². The Morgan fingerprint density at radius 2 is 2.20 bits per heavy atom. The molecule has 5 heteroatoms. The Kier molecular flexibility index (Phi) is 4.10. The third kappa shape index (κ3) is 3.40. The van der Waals surface area contributed by atoms with Crippen LogP contribution in [0.1, 0.15) is 30.6 Å². The van der Waals surface area contributed by atoms with E-state index in [9.17, 15) is 4.79 Å². The lowest BCUT2D eigenvalue weighted by Gasteiger charge is -2.31. The first kappa shape index (κ1) is 14.0. The molecule has 3 rings (SSSR count). The van der Waals surface area contributed by atoms with Crippen molar-refractivity contribution in [2.24, 2.45) is 11.7 Å². The Bertz CT molecular complexity index is 448. The maximum atomic E-state index is 11.8. The Balaban J connectivity index is 1.37. The summed E-state index contributed by atoms with van der Waals surface area (Å²) in [5, 5.41) is 5.17. The molecule has 0 bridgehead atoms. The van der Waals surface area contributed by atoms with E-state index in [2.05, 4.69) is 27.7 Å². The van der Waals surface area contributed by atoms with Crippen molar-refractivity contribution in [2.75, 3.05) is 19.6 Å². The van der Waals surface area contributed by atoms with Gasteiger partial charge in [0.1, 0.15) is 0 Å². The van der Waals surface area contributed by atoms with Gasteiger partial charge >= 0.3 is 0 Å². The second kappa shape index (κ2) is 5.84. The van der Waals surface area contributed by atoms with Gasteiger partial charge in [-0.15, -0.1) is 11.3 Å². The molecule has 2 fully saturated rings. The predicted octanol–water partition coefficient (Wildman–Crippen LogP) is 1.57. The largest absolute Gasteiger partial charge is 0.354 e. The first-order valence-corrected chi connectivity index (χ1v) is 8.36. The molecule has 1 aliphatic heterocycles. The van der Waals surface area contributed by atoms with E-state index in [4.69, 9.17) is 5.73 Å².